The standard InChI is InChI=1S/2C22H27ClN2/c2*1-22(2)15-25(12-11-24(22)3)21-14-19(16-7-5-4-6-8-16)18-10-9-17(23)13-20(18)21/h2*4-10,13,19,21H,11-12,14-15H2,1-3H3/t2*19-,21+/m00/s1/i3D3,4D,5D,6D,7D,8D;4D,5D,6D,7D,8D. The number of benzene rings is 4. The molecule has 4 aromatic carbocycles. The molecule has 4 aliphatic rings. The fourth-order valence-corrected chi connectivity index (χ4v) is 8.73. The second-order valence-corrected chi connectivity index (χ2v) is 16.2. The van der Waals surface area contributed by atoms with Gasteiger partial charge in [0.15, 0.2) is 0 Å². The van der Waals surface area contributed by atoms with Crippen LogP contribution >= 0.6 is 23.2 Å². The van der Waals surface area contributed by atoms with Crippen LogP contribution in [0.25, 0.3) is 0 Å². The minimum Gasteiger partial charge on any atom is -0.299 e. The van der Waals surface area contributed by atoms with E-state index in [1.165, 1.54) is 0 Å². The summed E-state index contributed by atoms with van der Waals surface area (Å²) in [6, 6.07) is 8.79. The van der Waals surface area contributed by atoms with E-state index in [0.717, 1.165) is 41.9 Å². The molecule has 6 heteroatoms. The zero-order valence-electron chi connectivity index (χ0n) is 42.5. The molecular formula is C44H54Cl2N4. The molecule has 2 aliphatic carbocycles. The highest BCUT2D eigenvalue weighted by molar-refractivity contribution is 6.31. The van der Waals surface area contributed by atoms with E-state index < -0.39 is 18.6 Å². The van der Waals surface area contributed by atoms with Crippen LogP contribution in [0.2, 0.25) is 10.0 Å². The highest BCUT2D eigenvalue weighted by Gasteiger charge is 2.42. The van der Waals surface area contributed by atoms with Gasteiger partial charge in [-0.25, -0.2) is 0 Å². The number of rotatable bonds is 4. The molecule has 4 nitrogen and oxygen atoms in total. The van der Waals surface area contributed by atoms with Crippen LogP contribution in [-0.4, -0.2) is 84.0 Å². The Labute approximate surface area is 329 Å². The maximum Gasteiger partial charge on any atom is 0.0626 e. The third-order valence-electron chi connectivity index (χ3n) is 11.4. The predicted molar refractivity (Wildman–Crippen MR) is 211 cm³/mol. The van der Waals surface area contributed by atoms with Crippen molar-refractivity contribution < 1.29 is 17.8 Å². The first-order chi connectivity index (χ1) is 29.3. The van der Waals surface area contributed by atoms with Gasteiger partial charge >= 0.3 is 0 Å². The molecule has 2 fully saturated rings. The lowest BCUT2D eigenvalue weighted by molar-refractivity contribution is 0.0158. The van der Waals surface area contributed by atoms with Crippen LogP contribution in [-0.2, 0) is 0 Å². The summed E-state index contributed by atoms with van der Waals surface area (Å²) in [5, 5.41) is 1.23. The van der Waals surface area contributed by atoms with Crippen LogP contribution in [0, 0.1) is 0 Å². The van der Waals surface area contributed by atoms with Crippen molar-refractivity contribution in [3.63, 3.8) is 0 Å². The van der Waals surface area contributed by atoms with Gasteiger partial charge in [0.25, 0.3) is 0 Å². The fraction of sp³-hybridized carbons (Fsp3) is 0.455. The van der Waals surface area contributed by atoms with Crippen molar-refractivity contribution in [3.8, 4) is 0 Å². The Bertz CT molecular complexity index is 2390. The minimum atomic E-state index is -2.18. The molecule has 0 N–H and O–H groups in total. The Hall–Kier alpha value is -2.70. The summed E-state index contributed by atoms with van der Waals surface area (Å²) in [6.45, 7) is 10.4. The summed E-state index contributed by atoms with van der Waals surface area (Å²) >= 11 is 12.7. The number of fused-ring (bicyclic) bond motifs is 2. The fourth-order valence-electron chi connectivity index (χ4n) is 8.37. The topological polar surface area (TPSA) is 13.0 Å². The Kier molecular flexibility index (Phi) is 6.63. The Morgan fingerprint density at radius 3 is 1.42 bits per heavy atom. The highest BCUT2D eigenvalue weighted by Crippen LogP contribution is 2.49. The van der Waals surface area contributed by atoms with Gasteiger partial charge in [0, 0.05) is 88.4 Å². The molecule has 0 saturated carbocycles. The van der Waals surface area contributed by atoms with Crippen LogP contribution in [0.1, 0.15) is 116 Å². The molecule has 8 rings (SSSR count). The van der Waals surface area contributed by atoms with E-state index in [2.05, 4.69) is 35.6 Å². The minimum absolute atomic E-state index is 0.0335. The van der Waals surface area contributed by atoms with Crippen molar-refractivity contribution in [1.82, 2.24) is 19.6 Å². The average molecular weight is 723 g/mol. The molecule has 2 saturated heterocycles. The second kappa shape index (κ2) is 14.4. The molecule has 0 unspecified atom stereocenters. The van der Waals surface area contributed by atoms with E-state index in [-0.39, 0.29) is 83.8 Å². The summed E-state index contributed by atoms with van der Waals surface area (Å²) in [6.07, 6.45) is 1.22. The van der Waals surface area contributed by atoms with E-state index in [4.69, 9.17) is 41.0 Å². The summed E-state index contributed by atoms with van der Waals surface area (Å²) < 4.78 is 106. The number of halogens is 2. The van der Waals surface area contributed by atoms with Crippen LogP contribution in [0.15, 0.2) is 96.8 Å². The van der Waals surface area contributed by atoms with E-state index in [9.17, 15) is 0 Å². The van der Waals surface area contributed by atoms with Gasteiger partial charge in [0.05, 0.1) is 13.7 Å². The van der Waals surface area contributed by atoms with Gasteiger partial charge in [-0.1, -0.05) is 95.8 Å². The molecule has 0 bridgehead atoms. The lowest BCUT2D eigenvalue weighted by Gasteiger charge is -2.47. The number of nitrogens with zero attached hydrogens (tertiary/aromatic N) is 4. The summed E-state index contributed by atoms with van der Waals surface area (Å²) in [4.78, 5) is 8.62. The van der Waals surface area contributed by atoms with Crippen LogP contribution in [0.4, 0.5) is 0 Å². The van der Waals surface area contributed by atoms with Gasteiger partial charge in [-0.3, -0.25) is 19.6 Å². The molecule has 0 aromatic heterocycles. The van der Waals surface area contributed by atoms with Crippen molar-refractivity contribution in [2.24, 2.45) is 0 Å². The monoisotopic (exact) mass is 721 g/mol. The molecule has 2 heterocycles. The van der Waals surface area contributed by atoms with Crippen molar-refractivity contribution in [2.75, 3.05) is 53.3 Å². The van der Waals surface area contributed by atoms with Crippen molar-refractivity contribution in [1.29, 1.82) is 0 Å². The van der Waals surface area contributed by atoms with E-state index >= 15 is 0 Å². The van der Waals surface area contributed by atoms with Crippen molar-refractivity contribution in [2.45, 2.75) is 75.5 Å². The molecule has 4 atom stereocenters. The molecule has 0 radical (unpaired) electrons. The van der Waals surface area contributed by atoms with Gasteiger partial charge in [-0.05, 0) is 112 Å². The molecule has 0 amide bonds. The number of hydrogen-bond donors (Lipinski definition) is 0. The summed E-state index contributed by atoms with van der Waals surface area (Å²) in [5.41, 5.74) is 4.13. The largest absolute Gasteiger partial charge is 0.299 e. The summed E-state index contributed by atoms with van der Waals surface area (Å²) in [7, 11) is 2.15. The third kappa shape index (κ3) is 7.18. The lowest BCUT2D eigenvalue weighted by atomic mass is 9.93. The Morgan fingerprint density at radius 1 is 0.600 bits per heavy atom. The predicted octanol–water partition coefficient (Wildman–Crippen LogP) is 9.89. The number of piperazine rings is 2. The molecule has 264 valence electrons. The molecule has 4 aromatic rings. The zero-order valence-corrected chi connectivity index (χ0v) is 31.0. The average Bonchev–Trinajstić information content (AvgIpc) is 3.76. The molecule has 0 spiro atoms. The maximum atomic E-state index is 8.47. The van der Waals surface area contributed by atoms with Crippen molar-refractivity contribution in [3.05, 3.63) is 140 Å². The first-order valence-corrected chi connectivity index (χ1v) is 18.2. The maximum absolute atomic E-state index is 8.47. The van der Waals surface area contributed by atoms with Gasteiger partial charge in [0.2, 0.25) is 0 Å². The first kappa shape index (κ1) is 23.1. The van der Waals surface area contributed by atoms with E-state index in [1.54, 1.807) is 11.0 Å². The second-order valence-electron chi connectivity index (χ2n) is 15.4. The summed E-state index contributed by atoms with van der Waals surface area (Å²) in [5.74, 6) is -0.626. The zero-order chi connectivity index (χ0) is 46.4. The van der Waals surface area contributed by atoms with Crippen LogP contribution < -0.4 is 0 Å². The van der Waals surface area contributed by atoms with Gasteiger partial charge in [0.1, 0.15) is 0 Å². The van der Waals surface area contributed by atoms with Crippen LogP contribution in [0.3, 0.4) is 0 Å². The quantitative estimate of drug-likeness (QED) is 0.208. The first-order valence-electron chi connectivity index (χ1n) is 24.0. The highest BCUT2D eigenvalue weighted by atomic mass is 35.5. The van der Waals surface area contributed by atoms with E-state index in [1.807, 2.05) is 44.2 Å². The molecule has 50 heavy (non-hydrogen) atoms. The van der Waals surface area contributed by atoms with E-state index in [0.29, 0.717) is 53.6 Å². The molecule has 2 aliphatic heterocycles. The SMILES string of the molecule is [2H]c1c([2H])c([2H])c([C@@H]2C[C@@H](N3CCN(C([2H])([2H])[2H])C(C)(C)C3)c3cc(Cl)ccc32)c([2H])c1[2H].[2H]c1c([2H])c([2H])c([C@@H]2C[C@@H](N3CCN(C)C(C)(C)C3)c3cc(Cl)ccc32)c([2H])c1[2H]. The molecular weight excluding hydrogens is 655 g/mol. The number of likely N-dealkylation sites (N-methyl/N-ethyl adjacent to an activating group) is 2. The Morgan fingerprint density at radius 2 is 1.02 bits per heavy atom. The van der Waals surface area contributed by atoms with Gasteiger partial charge in [-0.15, -0.1) is 0 Å². The normalized spacial score (nSPS) is 30.5. The third-order valence-corrected chi connectivity index (χ3v) is 11.8. The van der Waals surface area contributed by atoms with Gasteiger partial charge < -0.3 is 0 Å². The number of hydrogen-bond acceptors (Lipinski definition) is 4. The Balaban J connectivity index is 0.000000190. The smallest absolute Gasteiger partial charge is 0.0626 e. The lowest BCUT2D eigenvalue weighted by Crippen LogP contribution is -2.58. The van der Waals surface area contributed by atoms with Crippen molar-refractivity contribution >= 4 is 23.2 Å². The van der Waals surface area contributed by atoms with Crippen LogP contribution in [0.5, 0.6) is 0 Å². The van der Waals surface area contributed by atoms with Gasteiger partial charge in [-0.2, -0.15) is 0 Å².